The van der Waals surface area contributed by atoms with Gasteiger partial charge in [-0.25, -0.2) is 0 Å². The lowest BCUT2D eigenvalue weighted by molar-refractivity contribution is 0.515. The van der Waals surface area contributed by atoms with Gasteiger partial charge in [-0.2, -0.15) is 11.3 Å². The van der Waals surface area contributed by atoms with Crippen LogP contribution in [0.4, 0.5) is 0 Å². The molecule has 2 rings (SSSR count). The molecule has 0 spiro atoms. The van der Waals surface area contributed by atoms with Crippen LogP contribution in [-0.2, 0) is 6.42 Å². The minimum absolute atomic E-state index is 0.0953. The first-order valence-electron chi connectivity index (χ1n) is 5.63. The molecule has 2 nitrogen and oxygen atoms in total. The normalized spacial score (nSPS) is 12.6. The van der Waals surface area contributed by atoms with Gasteiger partial charge < -0.3 is 0 Å². The molecular formula is C13H14BrClN2S. The van der Waals surface area contributed by atoms with Gasteiger partial charge in [-0.3, -0.25) is 11.3 Å². The molecule has 0 amide bonds. The van der Waals surface area contributed by atoms with E-state index >= 15 is 0 Å². The lowest BCUT2D eigenvalue weighted by Crippen LogP contribution is -2.28. The maximum atomic E-state index is 6.03. The molecule has 1 aromatic carbocycles. The SMILES string of the molecule is NNC(CCc1ccsc1)c1cc(Cl)ccc1Br. The van der Waals surface area contributed by atoms with Crippen LogP contribution < -0.4 is 11.3 Å². The lowest BCUT2D eigenvalue weighted by Gasteiger charge is -2.18. The Labute approximate surface area is 124 Å². The summed E-state index contributed by atoms with van der Waals surface area (Å²) >= 11 is 11.3. The molecule has 0 fully saturated rings. The molecule has 0 saturated carbocycles. The average molecular weight is 346 g/mol. The Morgan fingerprint density at radius 2 is 2.22 bits per heavy atom. The molecule has 1 atom stereocenters. The number of benzene rings is 1. The second-order valence-corrected chi connectivity index (χ2v) is 6.13. The van der Waals surface area contributed by atoms with E-state index in [1.807, 2.05) is 18.2 Å². The highest BCUT2D eigenvalue weighted by Crippen LogP contribution is 2.29. The van der Waals surface area contributed by atoms with Gasteiger partial charge in [-0.1, -0.05) is 27.5 Å². The molecule has 2 aromatic rings. The van der Waals surface area contributed by atoms with E-state index in [-0.39, 0.29) is 6.04 Å². The summed E-state index contributed by atoms with van der Waals surface area (Å²) in [6, 6.07) is 8.00. The Bertz CT molecular complexity index is 502. The van der Waals surface area contributed by atoms with E-state index in [9.17, 15) is 0 Å². The van der Waals surface area contributed by atoms with Gasteiger partial charge in [0.1, 0.15) is 0 Å². The van der Waals surface area contributed by atoms with Crippen molar-refractivity contribution in [1.82, 2.24) is 5.43 Å². The van der Waals surface area contributed by atoms with Gasteiger partial charge in [0, 0.05) is 15.5 Å². The summed E-state index contributed by atoms with van der Waals surface area (Å²) in [7, 11) is 0. The molecule has 0 aliphatic rings. The van der Waals surface area contributed by atoms with E-state index < -0.39 is 0 Å². The van der Waals surface area contributed by atoms with Crippen LogP contribution >= 0.6 is 38.9 Å². The summed E-state index contributed by atoms with van der Waals surface area (Å²) in [4.78, 5) is 0. The van der Waals surface area contributed by atoms with Crippen LogP contribution in [0.3, 0.4) is 0 Å². The third kappa shape index (κ3) is 3.56. The van der Waals surface area contributed by atoms with Crippen molar-refractivity contribution in [1.29, 1.82) is 0 Å². The van der Waals surface area contributed by atoms with Crippen molar-refractivity contribution in [2.45, 2.75) is 18.9 Å². The van der Waals surface area contributed by atoms with Crippen LogP contribution in [0, 0.1) is 0 Å². The fraction of sp³-hybridized carbons (Fsp3) is 0.231. The van der Waals surface area contributed by atoms with Gasteiger partial charge in [0.25, 0.3) is 0 Å². The largest absolute Gasteiger partial charge is 0.271 e. The minimum Gasteiger partial charge on any atom is -0.271 e. The Balaban J connectivity index is 2.10. The topological polar surface area (TPSA) is 38.0 Å². The number of hydrazine groups is 1. The average Bonchev–Trinajstić information content (AvgIpc) is 2.87. The summed E-state index contributed by atoms with van der Waals surface area (Å²) in [5.41, 5.74) is 5.31. The first kappa shape index (κ1) is 14.0. The highest BCUT2D eigenvalue weighted by Gasteiger charge is 2.13. The maximum absolute atomic E-state index is 6.03. The molecule has 0 bridgehead atoms. The molecule has 0 radical (unpaired) electrons. The third-order valence-electron chi connectivity index (χ3n) is 2.84. The third-order valence-corrected chi connectivity index (χ3v) is 4.53. The van der Waals surface area contributed by atoms with Crippen LogP contribution in [0.1, 0.15) is 23.6 Å². The van der Waals surface area contributed by atoms with Gasteiger partial charge in [0.2, 0.25) is 0 Å². The summed E-state index contributed by atoms with van der Waals surface area (Å²) < 4.78 is 1.03. The molecule has 3 N–H and O–H groups in total. The zero-order chi connectivity index (χ0) is 13.0. The monoisotopic (exact) mass is 344 g/mol. The van der Waals surface area contributed by atoms with Gasteiger partial charge in [0.15, 0.2) is 0 Å². The Morgan fingerprint density at radius 3 is 2.89 bits per heavy atom. The number of hydrogen-bond donors (Lipinski definition) is 2. The van der Waals surface area contributed by atoms with Gasteiger partial charge in [0.05, 0.1) is 0 Å². The molecule has 0 aliphatic carbocycles. The smallest absolute Gasteiger partial charge is 0.0474 e. The van der Waals surface area contributed by atoms with Gasteiger partial charge >= 0.3 is 0 Å². The minimum atomic E-state index is 0.0953. The van der Waals surface area contributed by atoms with Crippen LogP contribution in [0.15, 0.2) is 39.5 Å². The second-order valence-electron chi connectivity index (χ2n) is 4.06. The number of aryl methyl sites for hydroxylation is 1. The number of rotatable bonds is 5. The van der Waals surface area contributed by atoms with Gasteiger partial charge in [-0.05, 0) is 59.0 Å². The predicted molar refractivity (Wildman–Crippen MR) is 81.9 cm³/mol. The molecule has 18 heavy (non-hydrogen) atoms. The number of thiophene rings is 1. The fourth-order valence-electron chi connectivity index (χ4n) is 1.86. The summed E-state index contributed by atoms with van der Waals surface area (Å²) in [5, 5.41) is 4.99. The first-order chi connectivity index (χ1) is 8.70. The number of hydrogen-bond acceptors (Lipinski definition) is 3. The molecule has 5 heteroatoms. The van der Waals surface area contributed by atoms with E-state index in [2.05, 4.69) is 38.2 Å². The van der Waals surface area contributed by atoms with Crippen LogP contribution in [0.25, 0.3) is 0 Å². The van der Waals surface area contributed by atoms with Crippen LogP contribution in [0.2, 0.25) is 5.02 Å². The Hall–Kier alpha value is -0.390. The van der Waals surface area contributed by atoms with Crippen molar-refractivity contribution >= 4 is 38.9 Å². The van der Waals surface area contributed by atoms with Crippen molar-refractivity contribution in [3.8, 4) is 0 Å². The van der Waals surface area contributed by atoms with Crippen LogP contribution in [-0.4, -0.2) is 0 Å². The summed E-state index contributed by atoms with van der Waals surface area (Å²) in [5.74, 6) is 5.65. The highest BCUT2D eigenvalue weighted by molar-refractivity contribution is 9.10. The predicted octanol–water partition coefficient (Wildman–Crippen LogP) is 4.30. The molecule has 96 valence electrons. The first-order valence-corrected chi connectivity index (χ1v) is 7.74. The standard InChI is InChI=1S/C13H14BrClN2S/c14-12-3-2-10(15)7-11(12)13(17-16)4-1-9-5-6-18-8-9/h2-3,5-8,13,17H,1,4,16H2. The van der Waals surface area contributed by atoms with Crippen molar-refractivity contribution in [3.05, 3.63) is 55.6 Å². The number of nitrogens with one attached hydrogen (secondary N) is 1. The quantitative estimate of drug-likeness (QED) is 0.626. The fourth-order valence-corrected chi connectivity index (χ4v) is 3.26. The van der Waals surface area contributed by atoms with Crippen molar-refractivity contribution in [2.75, 3.05) is 0 Å². The van der Waals surface area contributed by atoms with E-state index in [1.165, 1.54) is 5.56 Å². The van der Waals surface area contributed by atoms with E-state index in [0.717, 1.165) is 27.9 Å². The lowest BCUT2D eigenvalue weighted by atomic mass is 10.0. The van der Waals surface area contributed by atoms with Gasteiger partial charge in [-0.15, -0.1) is 0 Å². The Kier molecular flexibility index (Phi) is 5.21. The molecule has 1 aromatic heterocycles. The van der Waals surface area contributed by atoms with Crippen molar-refractivity contribution < 1.29 is 0 Å². The van der Waals surface area contributed by atoms with Crippen molar-refractivity contribution in [2.24, 2.45) is 5.84 Å². The zero-order valence-corrected chi connectivity index (χ0v) is 12.9. The van der Waals surface area contributed by atoms with Crippen LogP contribution in [0.5, 0.6) is 0 Å². The number of nitrogens with two attached hydrogens (primary N) is 1. The van der Waals surface area contributed by atoms with Crippen molar-refractivity contribution in [3.63, 3.8) is 0 Å². The molecular weight excluding hydrogens is 332 g/mol. The highest BCUT2D eigenvalue weighted by atomic mass is 79.9. The number of halogens is 2. The Morgan fingerprint density at radius 1 is 1.39 bits per heavy atom. The molecule has 1 heterocycles. The summed E-state index contributed by atoms with van der Waals surface area (Å²) in [6.45, 7) is 0. The second kappa shape index (κ2) is 6.68. The van der Waals surface area contributed by atoms with E-state index in [1.54, 1.807) is 11.3 Å². The molecule has 1 unspecified atom stereocenters. The maximum Gasteiger partial charge on any atom is 0.0474 e. The van der Waals surface area contributed by atoms with E-state index in [0.29, 0.717) is 0 Å². The molecule has 0 aliphatic heterocycles. The summed E-state index contributed by atoms with van der Waals surface area (Å²) in [6.07, 6.45) is 1.93. The molecule has 0 saturated heterocycles. The zero-order valence-electron chi connectivity index (χ0n) is 9.70. The van der Waals surface area contributed by atoms with E-state index in [4.69, 9.17) is 17.4 Å².